The second kappa shape index (κ2) is 10.0. The standard InChI is InChI=1S/C23H32N4O2S/c28-30(29,23-8-7-21-9-11-24-18-22(21)17-23)25-10-4-12-26-13-15-27(16-14-26)19-20-5-2-1-3-6-20/h1-3,5-8,17,24-25H,4,9-16,18-19H2. The Bertz CT molecular complexity index is 925. The highest BCUT2D eigenvalue weighted by atomic mass is 32.2. The van der Waals surface area contributed by atoms with Crippen molar-refractivity contribution in [3.05, 3.63) is 65.2 Å². The average molecular weight is 429 g/mol. The summed E-state index contributed by atoms with van der Waals surface area (Å²) in [7, 11) is -3.44. The lowest BCUT2D eigenvalue weighted by molar-refractivity contribution is 0.126. The predicted octanol–water partition coefficient (Wildman–Crippen LogP) is 1.82. The lowest BCUT2D eigenvalue weighted by atomic mass is 10.0. The number of rotatable bonds is 8. The van der Waals surface area contributed by atoms with E-state index in [1.165, 1.54) is 11.1 Å². The molecule has 1 fully saturated rings. The molecule has 6 nitrogen and oxygen atoms in total. The lowest BCUT2D eigenvalue weighted by Crippen LogP contribution is -2.46. The molecule has 0 radical (unpaired) electrons. The largest absolute Gasteiger partial charge is 0.312 e. The van der Waals surface area contributed by atoms with Crippen LogP contribution in [-0.2, 0) is 29.5 Å². The van der Waals surface area contributed by atoms with E-state index in [0.29, 0.717) is 11.4 Å². The third-order valence-electron chi connectivity index (χ3n) is 6.03. The van der Waals surface area contributed by atoms with Crippen molar-refractivity contribution in [2.45, 2.75) is 30.8 Å². The SMILES string of the molecule is O=S(=O)(NCCCN1CCN(Cc2ccccc2)CC1)c1ccc2c(c1)CNCC2. The van der Waals surface area contributed by atoms with Crippen molar-refractivity contribution >= 4 is 10.0 Å². The summed E-state index contributed by atoms with van der Waals surface area (Å²) >= 11 is 0. The molecule has 1 saturated heterocycles. The molecule has 0 saturated carbocycles. The van der Waals surface area contributed by atoms with E-state index in [4.69, 9.17) is 0 Å². The van der Waals surface area contributed by atoms with Gasteiger partial charge in [-0.2, -0.15) is 0 Å². The first-order chi connectivity index (χ1) is 14.6. The molecular formula is C23H32N4O2S. The third kappa shape index (κ3) is 5.68. The Hall–Kier alpha value is -1.77. The van der Waals surface area contributed by atoms with Gasteiger partial charge < -0.3 is 10.2 Å². The van der Waals surface area contributed by atoms with E-state index < -0.39 is 10.0 Å². The summed E-state index contributed by atoms with van der Waals surface area (Å²) in [6.07, 6.45) is 1.78. The van der Waals surface area contributed by atoms with Crippen LogP contribution >= 0.6 is 0 Å². The fraction of sp³-hybridized carbons (Fsp3) is 0.478. The molecule has 2 aliphatic heterocycles. The average Bonchev–Trinajstić information content (AvgIpc) is 2.78. The first-order valence-corrected chi connectivity index (χ1v) is 12.4. The molecule has 4 rings (SSSR count). The summed E-state index contributed by atoms with van der Waals surface area (Å²) < 4.78 is 28.0. The van der Waals surface area contributed by atoms with Crippen molar-refractivity contribution in [3.63, 3.8) is 0 Å². The quantitative estimate of drug-likeness (QED) is 0.628. The van der Waals surface area contributed by atoms with Crippen LogP contribution in [0.4, 0.5) is 0 Å². The number of nitrogens with zero attached hydrogens (tertiary/aromatic N) is 2. The van der Waals surface area contributed by atoms with Crippen molar-refractivity contribution in [2.24, 2.45) is 0 Å². The van der Waals surface area contributed by atoms with Gasteiger partial charge in [0.15, 0.2) is 0 Å². The van der Waals surface area contributed by atoms with E-state index in [-0.39, 0.29) is 0 Å². The van der Waals surface area contributed by atoms with E-state index in [9.17, 15) is 8.42 Å². The molecule has 2 aliphatic rings. The predicted molar refractivity (Wildman–Crippen MR) is 120 cm³/mol. The Morgan fingerprint density at radius 2 is 1.70 bits per heavy atom. The molecule has 2 heterocycles. The van der Waals surface area contributed by atoms with Crippen LogP contribution in [-0.4, -0.2) is 64.0 Å². The minimum atomic E-state index is -3.44. The zero-order chi connectivity index (χ0) is 20.8. The maximum atomic E-state index is 12.6. The molecule has 0 aliphatic carbocycles. The van der Waals surface area contributed by atoms with E-state index in [1.54, 1.807) is 6.07 Å². The topological polar surface area (TPSA) is 64.7 Å². The van der Waals surface area contributed by atoms with Crippen molar-refractivity contribution in [3.8, 4) is 0 Å². The van der Waals surface area contributed by atoms with Crippen LogP contribution in [0.2, 0.25) is 0 Å². The monoisotopic (exact) mass is 428 g/mol. The van der Waals surface area contributed by atoms with Crippen molar-refractivity contribution in [2.75, 3.05) is 45.8 Å². The molecule has 0 atom stereocenters. The molecule has 0 bridgehead atoms. The van der Waals surface area contributed by atoms with Crippen LogP contribution in [0.25, 0.3) is 0 Å². The van der Waals surface area contributed by atoms with Gasteiger partial charge in [-0.15, -0.1) is 0 Å². The summed E-state index contributed by atoms with van der Waals surface area (Å²) in [5, 5.41) is 3.30. The van der Waals surface area contributed by atoms with Gasteiger partial charge in [-0.1, -0.05) is 36.4 Å². The molecule has 162 valence electrons. The highest BCUT2D eigenvalue weighted by molar-refractivity contribution is 7.89. The second-order valence-electron chi connectivity index (χ2n) is 8.21. The summed E-state index contributed by atoms with van der Waals surface area (Å²) in [6, 6.07) is 16.1. The van der Waals surface area contributed by atoms with Crippen LogP contribution in [0, 0.1) is 0 Å². The molecule has 7 heteroatoms. The van der Waals surface area contributed by atoms with Crippen molar-refractivity contribution in [1.29, 1.82) is 0 Å². The van der Waals surface area contributed by atoms with Crippen molar-refractivity contribution < 1.29 is 8.42 Å². The number of hydrogen-bond donors (Lipinski definition) is 2. The van der Waals surface area contributed by atoms with Gasteiger partial charge >= 0.3 is 0 Å². The summed E-state index contributed by atoms with van der Waals surface area (Å²) in [5.41, 5.74) is 3.70. The summed E-state index contributed by atoms with van der Waals surface area (Å²) in [4.78, 5) is 5.29. The van der Waals surface area contributed by atoms with Crippen LogP contribution in [0.15, 0.2) is 53.4 Å². The number of piperazine rings is 1. The smallest absolute Gasteiger partial charge is 0.240 e. The molecule has 2 aromatic rings. The molecule has 2 aromatic carbocycles. The van der Waals surface area contributed by atoms with E-state index >= 15 is 0 Å². The minimum absolute atomic E-state index is 0.375. The third-order valence-corrected chi connectivity index (χ3v) is 7.49. The zero-order valence-corrected chi connectivity index (χ0v) is 18.3. The molecule has 2 N–H and O–H groups in total. The Balaban J connectivity index is 1.18. The van der Waals surface area contributed by atoms with Gasteiger partial charge in [0.05, 0.1) is 4.90 Å². The molecule has 30 heavy (non-hydrogen) atoms. The Morgan fingerprint density at radius 3 is 2.50 bits per heavy atom. The van der Waals surface area contributed by atoms with E-state index in [1.807, 2.05) is 12.1 Å². The van der Waals surface area contributed by atoms with Gasteiger partial charge in [-0.3, -0.25) is 4.90 Å². The van der Waals surface area contributed by atoms with Crippen LogP contribution in [0.1, 0.15) is 23.1 Å². The molecule has 0 amide bonds. The Morgan fingerprint density at radius 1 is 0.933 bits per heavy atom. The maximum Gasteiger partial charge on any atom is 0.240 e. The number of benzene rings is 2. The molecule has 0 spiro atoms. The van der Waals surface area contributed by atoms with Crippen LogP contribution in [0.3, 0.4) is 0 Å². The van der Waals surface area contributed by atoms with Gasteiger partial charge in [-0.05, 0) is 54.8 Å². The second-order valence-corrected chi connectivity index (χ2v) is 9.98. The van der Waals surface area contributed by atoms with Crippen LogP contribution < -0.4 is 10.0 Å². The first kappa shape index (κ1) is 21.5. The van der Waals surface area contributed by atoms with Gasteiger partial charge in [0.25, 0.3) is 0 Å². The fourth-order valence-electron chi connectivity index (χ4n) is 4.23. The summed E-state index contributed by atoms with van der Waals surface area (Å²) in [6.45, 7) is 8.30. The molecule has 0 unspecified atom stereocenters. The number of fused-ring (bicyclic) bond motifs is 1. The van der Waals surface area contributed by atoms with E-state index in [0.717, 1.165) is 70.8 Å². The zero-order valence-electron chi connectivity index (χ0n) is 17.5. The van der Waals surface area contributed by atoms with Gasteiger partial charge in [0.2, 0.25) is 10.0 Å². The number of sulfonamides is 1. The molecular weight excluding hydrogens is 396 g/mol. The lowest BCUT2D eigenvalue weighted by Gasteiger charge is -2.34. The first-order valence-electron chi connectivity index (χ1n) is 10.9. The van der Waals surface area contributed by atoms with E-state index in [2.05, 4.69) is 50.2 Å². The van der Waals surface area contributed by atoms with Gasteiger partial charge in [0.1, 0.15) is 0 Å². The highest BCUT2D eigenvalue weighted by Gasteiger charge is 2.19. The minimum Gasteiger partial charge on any atom is -0.312 e. The van der Waals surface area contributed by atoms with Crippen molar-refractivity contribution in [1.82, 2.24) is 19.8 Å². The fourth-order valence-corrected chi connectivity index (χ4v) is 5.35. The number of hydrogen-bond acceptors (Lipinski definition) is 5. The molecule has 0 aromatic heterocycles. The normalized spacial score (nSPS) is 18.3. The number of nitrogens with one attached hydrogen (secondary N) is 2. The maximum absolute atomic E-state index is 12.6. The Labute approximate surface area is 180 Å². The Kier molecular flexibility index (Phi) is 7.17. The van der Waals surface area contributed by atoms with Crippen LogP contribution in [0.5, 0.6) is 0 Å². The van der Waals surface area contributed by atoms with Gasteiger partial charge in [-0.25, -0.2) is 13.1 Å². The summed E-state index contributed by atoms with van der Waals surface area (Å²) in [5.74, 6) is 0. The van der Waals surface area contributed by atoms with Gasteiger partial charge in [0, 0.05) is 45.8 Å². The highest BCUT2D eigenvalue weighted by Crippen LogP contribution is 2.19.